The molecule has 0 spiro atoms. The third kappa shape index (κ3) is 7.99. The van der Waals surface area contributed by atoms with Crippen molar-refractivity contribution in [1.82, 2.24) is 5.32 Å². The van der Waals surface area contributed by atoms with Gasteiger partial charge >= 0.3 is 12.0 Å². The number of carbonyl (C=O) groups excluding carboxylic acids is 3. The molecule has 3 rings (SSSR count). The smallest absolute Gasteiger partial charge is 0.337 e. The molecule has 200 valence electrons. The van der Waals surface area contributed by atoms with Gasteiger partial charge < -0.3 is 30.2 Å². The van der Waals surface area contributed by atoms with E-state index in [9.17, 15) is 14.4 Å². The van der Waals surface area contributed by atoms with Crippen LogP contribution < -0.4 is 25.4 Å². The zero-order valence-corrected chi connectivity index (χ0v) is 22.2. The highest BCUT2D eigenvalue weighted by atomic mass is 16.5. The Morgan fingerprint density at radius 2 is 1.55 bits per heavy atom. The fourth-order valence-corrected chi connectivity index (χ4v) is 3.65. The van der Waals surface area contributed by atoms with Gasteiger partial charge in [-0.25, -0.2) is 9.59 Å². The number of carbonyl (C=O) groups is 3. The van der Waals surface area contributed by atoms with Crippen molar-refractivity contribution < 1.29 is 28.6 Å². The molecule has 38 heavy (non-hydrogen) atoms. The summed E-state index contributed by atoms with van der Waals surface area (Å²) < 4.78 is 15.9. The zero-order chi connectivity index (χ0) is 27.7. The zero-order valence-electron chi connectivity index (χ0n) is 22.2. The first-order chi connectivity index (χ1) is 18.1. The van der Waals surface area contributed by atoms with E-state index in [2.05, 4.69) is 16.0 Å². The number of esters is 1. The van der Waals surface area contributed by atoms with E-state index in [0.717, 1.165) is 11.1 Å². The number of urea groups is 1. The second-order valence-corrected chi connectivity index (χ2v) is 9.34. The maximum Gasteiger partial charge on any atom is 0.337 e. The Bertz CT molecular complexity index is 1290. The number of para-hydroxylation sites is 1. The van der Waals surface area contributed by atoms with Gasteiger partial charge in [-0.2, -0.15) is 0 Å². The molecule has 3 aromatic rings. The molecule has 0 aliphatic heterocycles. The van der Waals surface area contributed by atoms with Crippen LogP contribution >= 0.6 is 0 Å². The van der Waals surface area contributed by atoms with Crippen molar-refractivity contribution in [1.29, 1.82) is 0 Å². The van der Waals surface area contributed by atoms with Gasteiger partial charge in [0.05, 0.1) is 37.4 Å². The molecule has 0 aliphatic carbocycles. The van der Waals surface area contributed by atoms with Crippen molar-refractivity contribution in [2.45, 2.75) is 32.7 Å². The van der Waals surface area contributed by atoms with Crippen LogP contribution in [0, 0.1) is 6.92 Å². The highest BCUT2D eigenvalue weighted by Gasteiger charge is 2.22. The molecule has 0 unspecified atom stereocenters. The first-order valence-electron chi connectivity index (χ1n) is 12.0. The first kappa shape index (κ1) is 28.0. The van der Waals surface area contributed by atoms with Crippen LogP contribution in [0.25, 0.3) is 0 Å². The predicted molar refractivity (Wildman–Crippen MR) is 146 cm³/mol. The summed E-state index contributed by atoms with van der Waals surface area (Å²) in [6.07, 6.45) is 0.114. The molecule has 0 aromatic heterocycles. The lowest BCUT2D eigenvalue weighted by Gasteiger charge is -2.26. The molecule has 0 saturated heterocycles. The van der Waals surface area contributed by atoms with Crippen molar-refractivity contribution >= 4 is 29.3 Å². The summed E-state index contributed by atoms with van der Waals surface area (Å²) in [5.74, 6) is 0.391. The van der Waals surface area contributed by atoms with Gasteiger partial charge in [0.1, 0.15) is 18.1 Å². The lowest BCUT2D eigenvalue weighted by atomic mass is 10.1. The number of aryl methyl sites for hydroxylation is 1. The van der Waals surface area contributed by atoms with E-state index in [1.807, 2.05) is 45.0 Å². The molecule has 0 fully saturated rings. The minimum Gasteiger partial charge on any atom is -0.495 e. The van der Waals surface area contributed by atoms with Crippen LogP contribution in [0.2, 0.25) is 0 Å². The summed E-state index contributed by atoms with van der Waals surface area (Å²) in [6, 6.07) is 18.8. The number of amides is 3. The summed E-state index contributed by atoms with van der Waals surface area (Å²) in [5, 5.41) is 8.57. The van der Waals surface area contributed by atoms with Crippen LogP contribution in [0.3, 0.4) is 0 Å². The quantitative estimate of drug-likeness (QED) is 0.327. The van der Waals surface area contributed by atoms with E-state index in [-0.39, 0.29) is 18.9 Å². The van der Waals surface area contributed by atoms with Gasteiger partial charge in [-0.05, 0) is 74.4 Å². The maximum absolute atomic E-state index is 12.8. The van der Waals surface area contributed by atoms with E-state index in [0.29, 0.717) is 28.4 Å². The highest BCUT2D eigenvalue weighted by Crippen LogP contribution is 2.26. The standard InChI is InChI=1S/C29H33N3O6/c1-19-8-6-7-9-23(19)30-28(35)31-24-15-10-20(16-25(24)36-4)17-26(33)32-29(2,3)18-38-22-13-11-21(12-14-22)27(34)37-5/h6-16H,17-18H2,1-5H3,(H,32,33)(H2,30,31,35). The molecular weight excluding hydrogens is 486 g/mol. The number of hydrogen-bond acceptors (Lipinski definition) is 6. The third-order valence-corrected chi connectivity index (χ3v) is 5.62. The second-order valence-electron chi connectivity index (χ2n) is 9.34. The maximum atomic E-state index is 12.8. The fourth-order valence-electron chi connectivity index (χ4n) is 3.65. The molecule has 0 atom stereocenters. The van der Waals surface area contributed by atoms with Gasteiger partial charge in [0.15, 0.2) is 0 Å². The van der Waals surface area contributed by atoms with Gasteiger partial charge in [-0.15, -0.1) is 0 Å². The Balaban J connectivity index is 1.55. The second kappa shape index (κ2) is 12.6. The Morgan fingerprint density at radius 1 is 0.868 bits per heavy atom. The molecule has 0 radical (unpaired) electrons. The molecule has 3 amide bonds. The van der Waals surface area contributed by atoms with Crippen LogP contribution in [-0.2, 0) is 16.0 Å². The summed E-state index contributed by atoms with van der Waals surface area (Å²) in [6.45, 7) is 5.84. The van der Waals surface area contributed by atoms with Crippen LogP contribution in [0.1, 0.15) is 35.3 Å². The van der Waals surface area contributed by atoms with E-state index >= 15 is 0 Å². The van der Waals surface area contributed by atoms with E-state index in [4.69, 9.17) is 14.2 Å². The number of anilines is 2. The highest BCUT2D eigenvalue weighted by molar-refractivity contribution is 6.01. The Hall–Kier alpha value is -4.53. The number of rotatable bonds is 10. The van der Waals surface area contributed by atoms with Crippen LogP contribution in [0.4, 0.5) is 16.2 Å². The third-order valence-electron chi connectivity index (χ3n) is 5.62. The van der Waals surface area contributed by atoms with Crippen LogP contribution in [0.5, 0.6) is 11.5 Å². The molecule has 9 nitrogen and oxygen atoms in total. The largest absolute Gasteiger partial charge is 0.495 e. The number of nitrogens with one attached hydrogen (secondary N) is 3. The molecular formula is C29H33N3O6. The van der Waals surface area contributed by atoms with Crippen LogP contribution in [0.15, 0.2) is 66.7 Å². The van der Waals surface area contributed by atoms with Gasteiger partial charge in [-0.3, -0.25) is 4.79 Å². The first-order valence-corrected chi connectivity index (χ1v) is 12.0. The minimum absolute atomic E-state index is 0.114. The summed E-state index contributed by atoms with van der Waals surface area (Å²) >= 11 is 0. The SMILES string of the molecule is COC(=O)c1ccc(OCC(C)(C)NC(=O)Cc2ccc(NC(=O)Nc3ccccc3C)c(OC)c2)cc1. The average molecular weight is 520 g/mol. The van der Waals surface area contributed by atoms with Crippen molar-refractivity contribution in [3.8, 4) is 11.5 Å². The van der Waals surface area contributed by atoms with Gasteiger partial charge in [-0.1, -0.05) is 24.3 Å². The fraction of sp³-hybridized carbons (Fsp3) is 0.276. The topological polar surface area (TPSA) is 115 Å². The minimum atomic E-state index is -0.655. The Morgan fingerprint density at radius 3 is 2.21 bits per heavy atom. The van der Waals surface area contributed by atoms with E-state index in [1.54, 1.807) is 42.5 Å². The van der Waals surface area contributed by atoms with Crippen molar-refractivity contribution in [2.75, 3.05) is 31.5 Å². The number of methoxy groups -OCH3 is 2. The van der Waals surface area contributed by atoms with E-state index in [1.165, 1.54) is 14.2 Å². The molecule has 9 heteroatoms. The number of benzene rings is 3. The molecule has 0 heterocycles. The summed E-state index contributed by atoms with van der Waals surface area (Å²) in [7, 11) is 2.83. The summed E-state index contributed by atoms with van der Waals surface area (Å²) in [5.41, 5.74) is 2.63. The molecule has 0 bridgehead atoms. The Kier molecular flexibility index (Phi) is 9.32. The molecule has 3 N–H and O–H groups in total. The molecule has 0 aliphatic rings. The normalized spacial score (nSPS) is 10.8. The average Bonchev–Trinajstić information content (AvgIpc) is 2.89. The number of ether oxygens (including phenoxy) is 3. The van der Waals surface area contributed by atoms with Gasteiger partial charge in [0.25, 0.3) is 0 Å². The number of hydrogen-bond donors (Lipinski definition) is 3. The van der Waals surface area contributed by atoms with Crippen molar-refractivity contribution in [3.63, 3.8) is 0 Å². The van der Waals surface area contributed by atoms with Crippen molar-refractivity contribution in [3.05, 3.63) is 83.4 Å². The predicted octanol–water partition coefficient (Wildman–Crippen LogP) is 4.95. The Labute approximate surface area is 222 Å². The van der Waals surface area contributed by atoms with Crippen LogP contribution in [-0.4, -0.2) is 44.3 Å². The van der Waals surface area contributed by atoms with Crippen molar-refractivity contribution in [2.24, 2.45) is 0 Å². The van der Waals surface area contributed by atoms with Gasteiger partial charge in [0, 0.05) is 5.69 Å². The monoisotopic (exact) mass is 519 g/mol. The lowest BCUT2D eigenvalue weighted by molar-refractivity contribution is -0.122. The molecule has 0 saturated carbocycles. The van der Waals surface area contributed by atoms with Gasteiger partial charge in [0.2, 0.25) is 5.91 Å². The summed E-state index contributed by atoms with van der Waals surface area (Å²) in [4.78, 5) is 36.8. The lowest BCUT2D eigenvalue weighted by Crippen LogP contribution is -2.48. The van der Waals surface area contributed by atoms with E-state index < -0.39 is 17.5 Å². The molecule has 3 aromatic carbocycles.